The van der Waals surface area contributed by atoms with Crippen LogP contribution in [0.1, 0.15) is 46.0 Å². The van der Waals surface area contributed by atoms with Gasteiger partial charge in [0, 0.05) is 6.66 Å². The molecule has 0 fully saturated rings. The van der Waals surface area contributed by atoms with E-state index in [1.807, 2.05) is 0 Å². The molecule has 2 atom stereocenters. The van der Waals surface area contributed by atoms with Gasteiger partial charge in [0.1, 0.15) is 0 Å². The van der Waals surface area contributed by atoms with E-state index in [0.29, 0.717) is 0 Å². The van der Waals surface area contributed by atoms with Crippen LogP contribution in [0.5, 0.6) is 0 Å². The Bertz CT molecular complexity index is 96.5. The Labute approximate surface area is 77.2 Å². The van der Waals surface area contributed by atoms with Gasteiger partial charge < -0.3 is 9.42 Å². The molecule has 0 aromatic heterocycles. The maximum Gasteiger partial charge on any atom is 0.164 e. The van der Waals surface area contributed by atoms with Crippen LogP contribution in [0.4, 0.5) is 0 Å². The van der Waals surface area contributed by atoms with Gasteiger partial charge in [-0.25, -0.2) is 0 Å². The van der Waals surface area contributed by atoms with Crippen molar-refractivity contribution in [1.29, 1.82) is 0 Å². The highest BCUT2D eigenvalue weighted by Gasteiger charge is 2.08. The van der Waals surface area contributed by atoms with Crippen molar-refractivity contribution in [1.82, 2.24) is 0 Å². The molecule has 0 bridgehead atoms. The average molecular weight is 192 g/mol. The third kappa shape index (κ3) is 7.02. The predicted molar refractivity (Wildman–Crippen MR) is 54.4 cm³/mol. The van der Waals surface area contributed by atoms with Crippen molar-refractivity contribution in [3.05, 3.63) is 0 Å². The molecule has 2 nitrogen and oxygen atoms in total. The number of rotatable bonds is 7. The van der Waals surface area contributed by atoms with Gasteiger partial charge in [0.05, 0.1) is 6.10 Å². The summed E-state index contributed by atoms with van der Waals surface area (Å²) in [6, 6.07) is 0. The van der Waals surface area contributed by atoms with Crippen LogP contribution in [0.3, 0.4) is 0 Å². The lowest BCUT2D eigenvalue weighted by Crippen LogP contribution is -2.08. The van der Waals surface area contributed by atoms with Crippen LogP contribution in [-0.4, -0.2) is 17.7 Å². The van der Waals surface area contributed by atoms with E-state index in [4.69, 9.17) is 9.42 Å². The molecule has 0 aliphatic rings. The molecule has 0 aliphatic heterocycles. The highest BCUT2D eigenvalue weighted by Crippen LogP contribution is 2.30. The minimum absolute atomic E-state index is 0.276. The molecular formula is C9H21O2P. The van der Waals surface area contributed by atoms with Gasteiger partial charge in [-0.1, -0.05) is 33.1 Å². The molecule has 0 heterocycles. The zero-order valence-corrected chi connectivity index (χ0v) is 9.31. The summed E-state index contributed by atoms with van der Waals surface area (Å²) in [5, 5.41) is 0. The summed E-state index contributed by atoms with van der Waals surface area (Å²) in [5.41, 5.74) is 0. The lowest BCUT2D eigenvalue weighted by Gasteiger charge is -2.16. The van der Waals surface area contributed by atoms with E-state index in [0.717, 1.165) is 12.8 Å². The molecule has 12 heavy (non-hydrogen) atoms. The molecule has 0 aromatic carbocycles. The predicted octanol–water partition coefficient (Wildman–Crippen LogP) is 3.30. The zero-order chi connectivity index (χ0) is 9.40. The lowest BCUT2D eigenvalue weighted by molar-refractivity contribution is 0.185. The Morgan fingerprint density at radius 2 is 2.00 bits per heavy atom. The molecule has 0 spiro atoms. The van der Waals surface area contributed by atoms with Gasteiger partial charge in [0.15, 0.2) is 8.38 Å². The van der Waals surface area contributed by atoms with Crippen molar-refractivity contribution in [2.24, 2.45) is 0 Å². The normalized spacial score (nSPS) is 16.0. The second-order valence-corrected chi connectivity index (χ2v) is 4.23. The summed E-state index contributed by atoms with van der Waals surface area (Å²) in [6.07, 6.45) is 6.12. The molecule has 3 heteroatoms. The summed E-state index contributed by atoms with van der Waals surface area (Å²) < 4.78 is 5.37. The summed E-state index contributed by atoms with van der Waals surface area (Å²) >= 11 is 0. The fourth-order valence-corrected chi connectivity index (χ4v) is 1.86. The summed E-state index contributed by atoms with van der Waals surface area (Å²) in [6.45, 7) is 6.04. The van der Waals surface area contributed by atoms with Crippen LogP contribution in [0, 0.1) is 0 Å². The standard InChI is InChI=1S/C9H21O2P/c1-4-6-7-8-9(5-2)11-12(3)10/h9-10H,4-8H2,1-3H3. The van der Waals surface area contributed by atoms with E-state index < -0.39 is 8.38 Å². The molecule has 0 rings (SSSR count). The van der Waals surface area contributed by atoms with E-state index in [1.165, 1.54) is 19.3 Å². The second-order valence-electron chi connectivity index (χ2n) is 3.10. The van der Waals surface area contributed by atoms with E-state index in [1.54, 1.807) is 6.66 Å². The zero-order valence-electron chi connectivity index (χ0n) is 8.42. The Morgan fingerprint density at radius 1 is 1.33 bits per heavy atom. The fraction of sp³-hybridized carbons (Fsp3) is 1.00. The summed E-state index contributed by atoms with van der Waals surface area (Å²) in [4.78, 5) is 9.05. The quantitative estimate of drug-likeness (QED) is 0.495. The van der Waals surface area contributed by atoms with Crippen LogP contribution in [0.15, 0.2) is 0 Å². The lowest BCUT2D eigenvalue weighted by atomic mass is 10.1. The van der Waals surface area contributed by atoms with Gasteiger partial charge in [-0.2, -0.15) is 0 Å². The minimum Gasteiger partial charge on any atom is -0.350 e. The molecule has 74 valence electrons. The minimum atomic E-state index is -1.17. The molecular weight excluding hydrogens is 171 g/mol. The third-order valence-corrected chi connectivity index (χ3v) is 2.49. The van der Waals surface area contributed by atoms with E-state index in [2.05, 4.69) is 13.8 Å². The van der Waals surface area contributed by atoms with E-state index in [9.17, 15) is 0 Å². The van der Waals surface area contributed by atoms with Gasteiger partial charge in [0.2, 0.25) is 0 Å². The van der Waals surface area contributed by atoms with E-state index >= 15 is 0 Å². The molecule has 0 amide bonds. The molecule has 2 unspecified atom stereocenters. The molecule has 0 radical (unpaired) electrons. The first-order valence-electron chi connectivity index (χ1n) is 4.80. The summed E-state index contributed by atoms with van der Waals surface area (Å²) in [7, 11) is -1.17. The van der Waals surface area contributed by atoms with Gasteiger partial charge in [0.25, 0.3) is 0 Å². The first-order valence-corrected chi connectivity index (χ1v) is 6.46. The van der Waals surface area contributed by atoms with Gasteiger partial charge in [-0.15, -0.1) is 0 Å². The smallest absolute Gasteiger partial charge is 0.164 e. The Morgan fingerprint density at radius 3 is 2.42 bits per heavy atom. The van der Waals surface area contributed by atoms with Gasteiger partial charge in [-0.3, -0.25) is 0 Å². The monoisotopic (exact) mass is 192 g/mol. The number of unbranched alkanes of at least 4 members (excludes halogenated alkanes) is 2. The SMILES string of the molecule is CCCCCC(CC)OP(C)O. The van der Waals surface area contributed by atoms with Crippen molar-refractivity contribution in [2.45, 2.75) is 52.1 Å². The van der Waals surface area contributed by atoms with E-state index in [-0.39, 0.29) is 6.10 Å². The summed E-state index contributed by atoms with van der Waals surface area (Å²) in [5.74, 6) is 0. The molecule has 0 saturated carbocycles. The fourth-order valence-electron chi connectivity index (χ4n) is 1.17. The Hall–Kier alpha value is 0.350. The van der Waals surface area contributed by atoms with Crippen LogP contribution in [0.25, 0.3) is 0 Å². The van der Waals surface area contributed by atoms with Crippen LogP contribution >= 0.6 is 8.38 Å². The van der Waals surface area contributed by atoms with Crippen LogP contribution < -0.4 is 0 Å². The second kappa shape index (κ2) is 7.97. The third-order valence-electron chi connectivity index (χ3n) is 1.89. The number of hydrogen-bond donors (Lipinski definition) is 1. The van der Waals surface area contributed by atoms with Crippen molar-refractivity contribution < 1.29 is 9.42 Å². The van der Waals surface area contributed by atoms with Gasteiger partial charge in [-0.05, 0) is 12.8 Å². The number of hydrogen-bond acceptors (Lipinski definition) is 2. The highest BCUT2D eigenvalue weighted by molar-refractivity contribution is 7.45. The van der Waals surface area contributed by atoms with Crippen molar-refractivity contribution in [2.75, 3.05) is 6.66 Å². The first-order chi connectivity index (χ1) is 5.70. The Balaban J connectivity index is 3.39. The Kier molecular flexibility index (Phi) is 8.20. The maximum absolute atomic E-state index is 9.05. The molecule has 1 N–H and O–H groups in total. The van der Waals surface area contributed by atoms with Crippen molar-refractivity contribution >= 4 is 8.38 Å². The van der Waals surface area contributed by atoms with Gasteiger partial charge >= 0.3 is 0 Å². The first kappa shape index (κ1) is 12.3. The molecule has 0 aromatic rings. The largest absolute Gasteiger partial charge is 0.350 e. The topological polar surface area (TPSA) is 29.5 Å². The maximum atomic E-state index is 9.05. The van der Waals surface area contributed by atoms with Crippen molar-refractivity contribution in [3.8, 4) is 0 Å². The molecule has 0 saturated heterocycles. The molecule has 0 aliphatic carbocycles. The van der Waals surface area contributed by atoms with Crippen molar-refractivity contribution in [3.63, 3.8) is 0 Å². The average Bonchev–Trinajstić information content (AvgIpc) is 2.02. The highest BCUT2D eigenvalue weighted by atomic mass is 31.2. The van der Waals surface area contributed by atoms with Crippen LogP contribution in [-0.2, 0) is 4.52 Å². The van der Waals surface area contributed by atoms with Crippen LogP contribution in [0.2, 0.25) is 0 Å².